The Morgan fingerprint density at radius 3 is 2.39 bits per heavy atom. The van der Waals surface area contributed by atoms with Crippen LogP contribution in [0.25, 0.3) is 33.0 Å². The van der Waals surface area contributed by atoms with Crippen LogP contribution in [-0.2, 0) is 32.3 Å². The number of hydrogen-bond acceptors (Lipinski definition) is 16. The number of amides is 4. The zero-order valence-electron chi connectivity index (χ0n) is 41.8. The third-order valence-electron chi connectivity index (χ3n) is 11.9. The Morgan fingerprint density at radius 2 is 1.72 bits per heavy atom. The van der Waals surface area contributed by atoms with Gasteiger partial charge in [-0.15, -0.1) is 11.3 Å². The van der Waals surface area contributed by atoms with Crippen LogP contribution in [0.1, 0.15) is 110 Å². The number of β-amino-alcohol motifs (C(OH)–C–C–N with tert-alkyl or cyclic N) is 1. The van der Waals surface area contributed by atoms with Gasteiger partial charge in [0.2, 0.25) is 23.6 Å². The molecule has 21 heteroatoms. The second-order valence-corrected chi connectivity index (χ2v) is 20.2. The maximum Gasteiger partial charge on any atom is 0.246 e. The van der Waals surface area contributed by atoms with Crippen molar-refractivity contribution in [3.63, 3.8) is 0 Å². The average molecular weight is 997 g/mol. The van der Waals surface area contributed by atoms with Gasteiger partial charge >= 0.3 is 0 Å². The maximum atomic E-state index is 14.0. The molecule has 8 N–H and O–H groups in total. The zero-order valence-corrected chi connectivity index (χ0v) is 42.6. The van der Waals surface area contributed by atoms with Crippen LogP contribution in [0.15, 0.2) is 40.6 Å². The van der Waals surface area contributed by atoms with Gasteiger partial charge in [0.05, 0.1) is 35.0 Å². The Kier molecular flexibility index (Phi) is 18.7. The summed E-state index contributed by atoms with van der Waals surface area (Å²) in [5.74, 6) is 5.65. The van der Waals surface area contributed by atoms with E-state index in [1.165, 1.54) is 4.90 Å². The third kappa shape index (κ3) is 14.8. The van der Waals surface area contributed by atoms with E-state index in [1.54, 1.807) is 31.4 Å². The fourth-order valence-corrected chi connectivity index (χ4v) is 8.97. The number of imidazole rings is 1. The van der Waals surface area contributed by atoms with Gasteiger partial charge in [0.25, 0.3) is 0 Å². The first-order chi connectivity index (χ1) is 33.8. The summed E-state index contributed by atoms with van der Waals surface area (Å²) in [6.07, 6.45) is 4.71. The molecule has 6 rings (SSSR count). The zero-order chi connectivity index (χ0) is 51.3. The number of aliphatic hydroxyl groups excluding tert-OH is 1. The average Bonchev–Trinajstić information content (AvgIpc) is 4.14. The number of anilines is 1. The number of nitrogens with two attached hydrogens (primary N) is 1. The van der Waals surface area contributed by atoms with Crippen molar-refractivity contribution in [3.8, 4) is 39.5 Å². The highest BCUT2D eigenvalue weighted by Gasteiger charge is 2.44. The molecule has 0 saturated carbocycles. The molecular weight excluding hydrogens is 929 g/mol. The number of carbonyl (C=O) groups is 4. The number of nitrogen functional groups attached to an aromatic ring is 1. The van der Waals surface area contributed by atoms with Gasteiger partial charge in [-0.05, 0) is 99.2 Å². The van der Waals surface area contributed by atoms with E-state index in [9.17, 15) is 29.4 Å². The molecule has 0 unspecified atom stereocenters. The number of thiazole rings is 1. The lowest BCUT2D eigenvalue weighted by Gasteiger charge is -2.35. The molecule has 4 amide bonds. The van der Waals surface area contributed by atoms with Crippen molar-refractivity contribution < 1.29 is 38.8 Å². The summed E-state index contributed by atoms with van der Waals surface area (Å²) in [5.41, 5.74) is 10.6. The van der Waals surface area contributed by atoms with Crippen molar-refractivity contribution in [1.29, 1.82) is 0 Å². The first kappa shape index (κ1) is 53.9. The number of nitrogens with one attached hydrogen (secondary N) is 4. The fourth-order valence-electron chi connectivity index (χ4n) is 8.16. The molecule has 5 aromatic rings. The summed E-state index contributed by atoms with van der Waals surface area (Å²) >= 11 is 1.57. The van der Waals surface area contributed by atoms with E-state index in [0.717, 1.165) is 21.7 Å². The molecule has 1 saturated heterocycles. The lowest BCUT2D eigenvalue weighted by Crippen LogP contribution is -2.57. The molecule has 0 spiro atoms. The number of likely N-dealkylation sites (tertiary alicyclic amines) is 1. The van der Waals surface area contributed by atoms with Crippen molar-refractivity contribution in [2.75, 3.05) is 38.5 Å². The minimum atomic E-state index is -1.24. The van der Waals surface area contributed by atoms with Crippen molar-refractivity contribution >= 4 is 51.8 Å². The summed E-state index contributed by atoms with van der Waals surface area (Å²) in [5, 5.41) is 40.6. The van der Waals surface area contributed by atoms with Crippen LogP contribution >= 0.6 is 11.3 Å². The Hall–Kier alpha value is -6.47. The topological polar surface area (TPSA) is 278 Å². The molecule has 0 radical (unpaired) electrons. The van der Waals surface area contributed by atoms with E-state index in [4.69, 9.17) is 20.1 Å². The summed E-state index contributed by atoms with van der Waals surface area (Å²) < 4.78 is 12.9. The number of carbonyl (C=O) groups excluding carboxylic acids is 4. The van der Waals surface area contributed by atoms with Crippen LogP contribution in [0.4, 0.5) is 5.82 Å². The van der Waals surface area contributed by atoms with Crippen LogP contribution in [0.2, 0.25) is 0 Å². The smallest absolute Gasteiger partial charge is 0.246 e. The van der Waals surface area contributed by atoms with Crippen molar-refractivity contribution in [2.24, 2.45) is 5.41 Å². The monoisotopic (exact) mass is 997 g/mol. The SMILES string of the molecule is CCn1c(-c2nonc2N)nc2c(C#CC(C)(C)O)ncc(OCCCNCCCC(=O)NCCCCCC(=O)N[C@H](C(=O)N3C[C@H](O)C[C@H]3C(=O)NCc3ccc(-c4scnc4C)cc3)C(C)(C)C)c21. The summed E-state index contributed by atoms with van der Waals surface area (Å²) in [7, 11) is 0. The van der Waals surface area contributed by atoms with Crippen LogP contribution in [0, 0.1) is 24.2 Å². The normalized spacial score (nSPS) is 15.3. The van der Waals surface area contributed by atoms with Crippen LogP contribution in [-0.4, -0.2) is 125 Å². The number of hydrogen-bond donors (Lipinski definition) is 7. The highest BCUT2D eigenvalue weighted by Crippen LogP contribution is 2.34. The molecule has 1 fully saturated rings. The first-order valence-electron chi connectivity index (χ1n) is 24.2. The summed E-state index contributed by atoms with van der Waals surface area (Å²) in [6.45, 7) is 15.6. The van der Waals surface area contributed by atoms with Gasteiger partial charge in [-0.1, -0.05) is 57.4 Å². The van der Waals surface area contributed by atoms with E-state index in [0.29, 0.717) is 99.6 Å². The fraction of sp³-hybridized carbons (Fsp3) is 0.540. The van der Waals surface area contributed by atoms with Gasteiger partial charge < -0.3 is 51.4 Å². The van der Waals surface area contributed by atoms with Gasteiger partial charge in [-0.25, -0.2) is 19.6 Å². The highest BCUT2D eigenvalue weighted by molar-refractivity contribution is 7.13. The largest absolute Gasteiger partial charge is 0.490 e. The van der Waals surface area contributed by atoms with Crippen LogP contribution < -0.4 is 31.7 Å². The van der Waals surface area contributed by atoms with E-state index >= 15 is 0 Å². The molecule has 20 nitrogen and oxygen atoms in total. The number of unbranched alkanes of at least 4 members (excludes halogenated alkanes) is 2. The standard InChI is InChI=1S/C50H68N12O8S/c1-8-61-42-37(28-54-35(20-21-50(6,7)68)40(42)58-46(61)41-45(51)60-70-59-41)69-25-13-23-52-22-12-15-38(64)53-24-11-9-10-14-39(65)57-44(49(3,4)5)48(67)62-29-34(63)26-36(62)47(66)55-27-32-16-18-33(19-17-32)43-31(2)56-30-71-43/h16-19,28,30,34,36,44,52,63,68H,8-15,22-27,29H2,1-7H3,(H2,51,60)(H,53,64)(H,55,66)(H,57,65)/t34-,36+,44-/m1/s1. The third-order valence-corrected chi connectivity index (χ3v) is 12.9. The van der Waals surface area contributed by atoms with E-state index in [1.807, 2.05) is 69.0 Å². The second-order valence-electron chi connectivity index (χ2n) is 19.3. The van der Waals surface area contributed by atoms with E-state index in [2.05, 4.69) is 53.4 Å². The Morgan fingerprint density at radius 1 is 0.972 bits per heavy atom. The summed E-state index contributed by atoms with van der Waals surface area (Å²) in [6, 6.07) is 6.10. The number of pyridine rings is 1. The van der Waals surface area contributed by atoms with E-state index < -0.39 is 35.1 Å². The maximum absolute atomic E-state index is 14.0. The number of aryl methyl sites for hydroxylation is 2. The predicted molar refractivity (Wildman–Crippen MR) is 269 cm³/mol. The number of nitrogens with zero attached hydrogens (tertiary/aromatic N) is 7. The number of rotatable bonds is 23. The molecule has 1 aromatic carbocycles. The highest BCUT2D eigenvalue weighted by atomic mass is 32.1. The molecule has 4 aromatic heterocycles. The van der Waals surface area contributed by atoms with Crippen molar-refractivity contribution in [3.05, 3.63) is 52.9 Å². The number of benzene rings is 1. The molecule has 0 aliphatic carbocycles. The lowest BCUT2D eigenvalue weighted by atomic mass is 9.85. The van der Waals surface area contributed by atoms with Gasteiger partial charge in [0.1, 0.15) is 34.4 Å². The molecule has 3 atom stereocenters. The Balaban J connectivity index is 0.857. The van der Waals surface area contributed by atoms with Gasteiger partial charge in [-0.2, -0.15) is 0 Å². The quantitative estimate of drug-likeness (QED) is 0.0356. The number of ether oxygens (including phenoxy) is 1. The number of aromatic nitrogens is 6. The Labute approximate surface area is 418 Å². The molecular formula is C50H68N12O8S. The molecule has 1 aliphatic rings. The predicted octanol–water partition coefficient (Wildman–Crippen LogP) is 4.26. The lowest BCUT2D eigenvalue weighted by molar-refractivity contribution is -0.144. The molecule has 0 bridgehead atoms. The minimum absolute atomic E-state index is 0.000590. The Bertz CT molecular complexity index is 2670. The second kappa shape index (κ2) is 24.6. The van der Waals surface area contributed by atoms with Crippen LogP contribution in [0.5, 0.6) is 5.75 Å². The molecule has 1 aliphatic heterocycles. The van der Waals surface area contributed by atoms with Crippen molar-refractivity contribution in [1.82, 2.24) is 56.0 Å². The van der Waals surface area contributed by atoms with Gasteiger partial charge in [0.15, 0.2) is 23.1 Å². The number of fused-ring (bicyclic) bond motifs is 1. The number of aliphatic hydroxyl groups is 2. The first-order valence-corrected chi connectivity index (χ1v) is 25.1. The van der Waals surface area contributed by atoms with Crippen LogP contribution in [0.3, 0.4) is 0 Å². The molecule has 5 heterocycles. The summed E-state index contributed by atoms with van der Waals surface area (Å²) in [4.78, 5) is 69.2. The molecule has 382 valence electrons. The van der Waals surface area contributed by atoms with Crippen molar-refractivity contribution in [2.45, 2.75) is 137 Å². The molecule has 71 heavy (non-hydrogen) atoms. The minimum Gasteiger partial charge on any atom is -0.490 e. The van der Waals surface area contributed by atoms with E-state index in [-0.39, 0.29) is 55.2 Å². The van der Waals surface area contributed by atoms with Gasteiger partial charge in [-0.3, -0.25) is 19.2 Å². The van der Waals surface area contributed by atoms with Gasteiger partial charge in [0, 0.05) is 45.4 Å².